The van der Waals surface area contributed by atoms with E-state index in [1.54, 1.807) is 44.7 Å². The Labute approximate surface area is 195 Å². The molecule has 0 fully saturated rings. The van der Waals surface area contributed by atoms with E-state index in [0.29, 0.717) is 16.2 Å². The van der Waals surface area contributed by atoms with Crippen LogP contribution >= 0.6 is 11.8 Å². The highest BCUT2D eigenvalue weighted by molar-refractivity contribution is 8.01. The summed E-state index contributed by atoms with van der Waals surface area (Å²) >= 11 is 1.29. The number of ether oxygens (including phenoxy) is 1. The molecule has 1 aliphatic rings. The predicted molar refractivity (Wildman–Crippen MR) is 120 cm³/mol. The van der Waals surface area contributed by atoms with Crippen LogP contribution in [-0.4, -0.2) is 48.1 Å². The number of carbonyl (C=O) groups excluding carboxylic acids is 2. The first-order valence-corrected chi connectivity index (χ1v) is 10.9. The molecule has 13 heteroatoms. The van der Waals surface area contributed by atoms with E-state index in [4.69, 9.17) is 4.74 Å². The van der Waals surface area contributed by atoms with E-state index in [9.17, 15) is 18.4 Å². The molecule has 4 heterocycles. The number of anilines is 2. The number of rotatable bonds is 5. The molecule has 3 aromatic heterocycles. The van der Waals surface area contributed by atoms with Gasteiger partial charge in [-0.2, -0.15) is 19.0 Å². The molecular formula is C21H17F2N7O3S. The SMILES string of the molecule is CC1Sc2cc(-c3nn(C)cc3NC(=O)c3cnn4cccnc34)c(OC(F)F)cc2NC1=O. The van der Waals surface area contributed by atoms with Gasteiger partial charge in [-0.05, 0) is 19.1 Å². The second-order valence-corrected chi connectivity index (χ2v) is 8.82. The first kappa shape index (κ1) is 21.8. The Hall–Kier alpha value is -4.00. The van der Waals surface area contributed by atoms with Gasteiger partial charge in [0.1, 0.15) is 17.0 Å². The van der Waals surface area contributed by atoms with Crippen molar-refractivity contribution in [2.45, 2.75) is 23.7 Å². The lowest BCUT2D eigenvalue weighted by atomic mass is 10.1. The molecule has 0 spiro atoms. The molecule has 2 N–H and O–H groups in total. The summed E-state index contributed by atoms with van der Waals surface area (Å²) in [6, 6.07) is 4.63. The zero-order valence-electron chi connectivity index (χ0n) is 17.8. The molecule has 1 aromatic carbocycles. The molecule has 1 aliphatic heterocycles. The van der Waals surface area contributed by atoms with E-state index in [2.05, 4.69) is 25.8 Å². The molecule has 0 radical (unpaired) electrons. The molecular weight excluding hydrogens is 468 g/mol. The number of alkyl halides is 2. The average molecular weight is 485 g/mol. The van der Waals surface area contributed by atoms with Crippen LogP contribution in [0.25, 0.3) is 16.9 Å². The lowest BCUT2D eigenvalue weighted by molar-refractivity contribution is -0.115. The molecule has 174 valence electrons. The Morgan fingerprint density at radius 1 is 1.35 bits per heavy atom. The number of nitrogens with one attached hydrogen (secondary N) is 2. The van der Waals surface area contributed by atoms with Crippen LogP contribution in [0.4, 0.5) is 20.2 Å². The minimum absolute atomic E-state index is 0.184. The van der Waals surface area contributed by atoms with E-state index in [-0.39, 0.29) is 39.4 Å². The van der Waals surface area contributed by atoms with Crippen molar-refractivity contribution >= 4 is 40.6 Å². The molecule has 0 saturated heterocycles. The Bertz CT molecular complexity index is 1440. The van der Waals surface area contributed by atoms with Gasteiger partial charge in [0.25, 0.3) is 5.91 Å². The fourth-order valence-electron chi connectivity index (χ4n) is 3.57. The number of aromatic nitrogens is 5. The maximum absolute atomic E-state index is 13.2. The third-order valence-corrected chi connectivity index (χ3v) is 6.24. The maximum atomic E-state index is 13.2. The zero-order valence-corrected chi connectivity index (χ0v) is 18.6. The smallest absolute Gasteiger partial charge is 0.387 e. The van der Waals surface area contributed by atoms with Crippen molar-refractivity contribution in [2.75, 3.05) is 10.6 Å². The van der Waals surface area contributed by atoms with Crippen LogP contribution in [0.15, 0.2) is 47.9 Å². The number of thioether (sulfide) groups is 1. The molecule has 1 unspecified atom stereocenters. The lowest BCUT2D eigenvalue weighted by Crippen LogP contribution is -2.26. The van der Waals surface area contributed by atoms with Crippen LogP contribution in [0.5, 0.6) is 5.75 Å². The zero-order chi connectivity index (χ0) is 24.0. The number of nitrogens with zero attached hydrogens (tertiary/aromatic N) is 5. The first-order chi connectivity index (χ1) is 16.3. The van der Waals surface area contributed by atoms with Crippen molar-refractivity contribution in [1.82, 2.24) is 24.4 Å². The lowest BCUT2D eigenvalue weighted by Gasteiger charge is -2.23. The van der Waals surface area contributed by atoms with Crippen molar-refractivity contribution in [3.63, 3.8) is 0 Å². The van der Waals surface area contributed by atoms with Crippen LogP contribution < -0.4 is 15.4 Å². The summed E-state index contributed by atoms with van der Waals surface area (Å²) in [6.45, 7) is -1.36. The van der Waals surface area contributed by atoms with Crippen molar-refractivity contribution in [3.05, 3.63) is 48.5 Å². The largest absolute Gasteiger partial charge is 0.434 e. The predicted octanol–water partition coefficient (Wildman–Crippen LogP) is 3.42. The highest BCUT2D eigenvalue weighted by Crippen LogP contribution is 2.44. The monoisotopic (exact) mass is 485 g/mol. The van der Waals surface area contributed by atoms with Crippen LogP contribution in [0.1, 0.15) is 17.3 Å². The molecule has 4 aromatic rings. The first-order valence-electron chi connectivity index (χ1n) is 10.0. The van der Waals surface area contributed by atoms with E-state index in [1.165, 1.54) is 33.2 Å². The summed E-state index contributed by atoms with van der Waals surface area (Å²) in [5.41, 5.74) is 1.71. The summed E-state index contributed by atoms with van der Waals surface area (Å²) in [5.74, 6) is -0.912. The molecule has 10 nitrogen and oxygen atoms in total. The molecule has 0 bridgehead atoms. The minimum atomic E-state index is -3.10. The standard InChI is InChI=1S/C21H17F2N7O3S/c1-10-19(31)26-13-7-15(33-21(22)23)11(6-16(13)34-10)17-14(9-29(2)28-17)27-20(32)12-8-25-30-5-3-4-24-18(12)30/h3-10,21H,1-2H3,(H,26,31)(H,27,32). The fraction of sp³-hybridized carbons (Fsp3) is 0.190. The summed E-state index contributed by atoms with van der Waals surface area (Å²) in [5, 5.41) is 13.6. The van der Waals surface area contributed by atoms with Crippen LogP contribution in [0.2, 0.25) is 0 Å². The molecule has 0 saturated carbocycles. The number of aryl methyl sites for hydroxylation is 1. The van der Waals surface area contributed by atoms with E-state index >= 15 is 0 Å². The molecule has 5 rings (SSSR count). The van der Waals surface area contributed by atoms with E-state index < -0.39 is 12.5 Å². The van der Waals surface area contributed by atoms with Gasteiger partial charge in [0.2, 0.25) is 5.91 Å². The number of benzene rings is 1. The van der Waals surface area contributed by atoms with Gasteiger partial charge in [-0.3, -0.25) is 14.3 Å². The highest BCUT2D eigenvalue weighted by atomic mass is 32.2. The minimum Gasteiger partial charge on any atom is -0.434 e. The summed E-state index contributed by atoms with van der Waals surface area (Å²) in [7, 11) is 1.64. The van der Waals surface area contributed by atoms with Gasteiger partial charge < -0.3 is 15.4 Å². The molecule has 0 aliphatic carbocycles. The van der Waals surface area contributed by atoms with E-state index in [1.807, 2.05) is 0 Å². The van der Waals surface area contributed by atoms with E-state index in [0.717, 1.165) is 0 Å². The van der Waals surface area contributed by atoms with Crippen molar-refractivity contribution in [1.29, 1.82) is 0 Å². The van der Waals surface area contributed by atoms with Crippen molar-refractivity contribution < 1.29 is 23.1 Å². The summed E-state index contributed by atoms with van der Waals surface area (Å²) in [4.78, 5) is 29.9. The molecule has 1 atom stereocenters. The average Bonchev–Trinajstić information content (AvgIpc) is 3.37. The second-order valence-electron chi connectivity index (χ2n) is 7.44. The van der Waals surface area contributed by atoms with Gasteiger partial charge in [-0.25, -0.2) is 9.50 Å². The van der Waals surface area contributed by atoms with Crippen LogP contribution in [-0.2, 0) is 11.8 Å². The van der Waals surface area contributed by atoms with Gasteiger partial charge in [-0.15, -0.1) is 11.8 Å². The Morgan fingerprint density at radius 3 is 2.97 bits per heavy atom. The topological polar surface area (TPSA) is 115 Å². The number of hydrogen-bond donors (Lipinski definition) is 2. The number of hydrogen-bond acceptors (Lipinski definition) is 7. The van der Waals surface area contributed by atoms with Crippen molar-refractivity contribution in [2.24, 2.45) is 7.05 Å². The van der Waals surface area contributed by atoms with Crippen LogP contribution in [0.3, 0.4) is 0 Å². The van der Waals surface area contributed by atoms with Gasteiger partial charge in [0, 0.05) is 42.2 Å². The summed E-state index contributed by atoms with van der Waals surface area (Å²) in [6.07, 6.45) is 6.14. The Balaban J connectivity index is 1.56. The Kier molecular flexibility index (Phi) is 5.40. The summed E-state index contributed by atoms with van der Waals surface area (Å²) < 4.78 is 34.1. The van der Waals surface area contributed by atoms with Crippen LogP contribution in [0, 0.1) is 0 Å². The van der Waals surface area contributed by atoms with Crippen molar-refractivity contribution in [3.8, 4) is 17.0 Å². The third kappa shape index (κ3) is 3.94. The second kappa shape index (κ2) is 8.41. The quantitative estimate of drug-likeness (QED) is 0.445. The fourth-order valence-corrected chi connectivity index (χ4v) is 4.54. The number of amides is 2. The molecule has 2 amide bonds. The number of halogens is 2. The Morgan fingerprint density at radius 2 is 2.18 bits per heavy atom. The van der Waals surface area contributed by atoms with Gasteiger partial charge in [0.05, 0.1) is 22.8 Å². The third-order valence-electron chi connectivity index (χ3n) is 5.08. The van der Waals surface area contributed by atoms with Gasteiger partial charge in [-0.1, -0.05) is 0 Å². The molecule has 34 heavy (non-hydrogen) atoms. The maximum Gasteiger partial charge on any atom is 0.387 e. The highest BCUT2D eigenvalue weighted by Gasteiger charge is 2.28. The van der Waals surface area contributed by atoms with Gasteiger partial charge in [0.15, 0.2) is 5.65 Å². The van der Waals surface area contributed by atoms with Gasteiger partial charge >= 0.3 is 6.61 Å². The number of fused-ring (bicyclic) bond motifs is 2. The number of carbonyl (C=O) groups is 2. The normalized spacial score (nSPS) is 15.3.